The van der Waals surface area contributed by atoms with Crippen LogP contribution >= 0.6 is 0 Å². The van der Waals surface area contributed by atoms with Crippen LogP contribution in [0.3, 0.4) is 0 Å². The average molecular weight is 335 g/mol. The van der Waals surface area contributed by atoms with E-state index in [9.17, 15) is 9.90 Å². The van der Waals surface area contributed by atoms with Gasteiger partial charge in [0.05, 0.1) is 17.9 Å². The molecule has 6 heteroatoms. The summed E-state index contributed by atoms with van der Waals surface area (Å²) < 4.78 is 7.70. The molecule has 1 aromatic heterocycles. The van der Waals surface area contributed by atoms with Gasteiger partial charge in [0.1, 0.15) is 5.69 Å². The number of amides is 1. The lowest BCUT2D eigenvalue weighted by atomic mass is 9.81. The quantitative estimate of drug-likeness (QED) is 0.919. The number of hydrogen-bond acceptors (Lipinski definition) is 4. The van der Waals surface area contributed by atoms with E-state index in [1.54, 1.807) is 0 Å². The van der Waals surface area contributed by atoms with Gasteiger partial charge in [-0.25, -0.2) is 0 Å². The first-order valence-corrected chi connectivity index (χ1v) is 9.03. The molecule has 2 atom stereocenters. The number of aliphatic hydroxyl groups is 1. The zero-order chi connectivity index (χ0) is 17.5. The third kappa shape index (κ3) is 2.97. The Kier molecular flexibility index (Phi) is 4.71. The van der Waals surface area contributed by atoms with E-state index in [1.807, 2.05) is 30.4 Å². The third-order valence-electron chi connectivity index (χ3n) is 5.54. The Morgan fingerprint density at radius 3 is 2.62 bits per heavy atom. The number of carbonyl (C=O) groups excluding carboxylic acids is 1. The number of likely N-dealkylation sites (tertiary alicyclic amines) is 1. The number of nitrogens with zero attached hydrogens (tertiary/aromatic N) is 3. The number of carbonyl (C=O) groups is 1. The van der Waals surface area contributed by atoms with Gasteiger partial charge in [-0.15, -0.1) is 0 Å². The molecule has 0 bridgehead atoms. The first kappa shape index (κ1) is 17.4. The molecule has 1 saturated heterocycles. The second-order valence-electron chi connectivity index (χ2n) is 7.58. The van der Waals surface area contributed by atoms with Crippen LogP contribution in [-0.4, -0.2) is 51.5 Å². The summed E-state index contributed by atoms with van der Waals surface area (Å²) in [5.74, 6) is 0.0758. The minimum absolute atomic E-state index is 0.0575. The summed E-state index contributed by atoms with van der Waals surface area (Å²) >= 11 is 0. The highest BCUT2D eigenvalue weighted by Crippen LogP contribution is 2.34. The second-order valence-corrected chi connectivity index (χ2v) is 7.58. The molecule has 2 aliphatic heterocycles. The van der Waals surface area contributed by atoms with E-state index in [1.165, 1.54) is 0 Å². The number of hydrogen-bond donors (Lipinski definition) is 1. The Morgan fingerprint density at radius 1 is 1.38 bits per heavy atom. The Morgan fingerprint density at radius 2 is 2.04 bits per heavy atom. The number of piperidine rings is 1. The van der Waals surface area contributed by atoms with Crippen LogP contribution in [0.25, 0.3) is 0 Å². The van der Waals surface area contributed by atoms with Crippen LogP contribution in [0.4, 0.5) is 0 Å². The fraction of sp³-hybridized carbons (Fsp3) is 0.778. The molecular formula is C18H29N3O3. The van der Waals surface area contributed by atoms with Gasteiger partial charge in [-0.05, 0) is 39.0 Å². The van der Waals surface area contributed by atoms with Gasteiger partial charge in [-0.1, -0.05) is 6.92 Å². The number of aliphatic hydroxyl groups excluding tert-OH is 1. The van der Waals surface area contributed by atoms with E-state index in [0.717, 1.165) is 36.2 Å². The summed E-state index contributed by atoms with van der Waals surface area (Å²) in [5.41, 5.74) is 2.65. The lowest BCUT2D eigenvalue weighted by molar-refractivity contribution is -0.00720. The van der Waals surface area contributed by atoms with Crippen molar-refractivity contribution in [2.24, 2.45) is 5.41 Å². The lowest BCUT2D eigenvalue weighted by Gasteiger charge is -2.38. The summed E-state index contributed by atoms with van der Waals surface area (Å²) in [6.45, 7) is 10.4. The molecule has 0 aromatic carbocycles. The van der Waals surface area contributed by atoms with E-state index >= 15 is 0 Å². The first-order valence-electron chi connectivity index (χ1n) is 9.03. The van der Waals surface area contributed by atoms with Gasteiger partial charge >= 0.3 is 0 Å². The Hall–Kier alpha value is -1.40. The van der Waals surface area contributed by atoms with Crippen molar-refractivity contribution in [2.75, 3.05) is 19.7 Å². The molecule has 1 fully saturated rings. The van der Waals surface area contributed by atoms with E-state index in [0.29, 0.717) is 19.6 Å². The standard InChI is InChI=1S/C18H29N3O3/c1-5-21-16(14-10-12(2)24-13(3)15(14)19-21)17(23)20-8-6-18(4,11-22)7-9-20/h12-13,22H,5-11H2,1-4H3/t12-,13+/m0/s1. The highest BCUT2D eigenvalue weighted by Gasteiger charge is 2.36. The highest BCUT2D eigenvalue weighted by atomic mass is 16.5. The van der Waals surface area contributed by atoms with E-state index < -0.39 is 0 Å². The van der Waals surface area contributed by atoms with Crippen molar-refractivity contribution >= 4 is 5.91 Å². The molecular weight excluding hydrogens is 306 g/mol. The maximum atomic E-state index is 13.2. The van der Waals surface area contributed by atoms with Crippen molar-refractivity contribution in [1.29, 1.82) is 0 Å². The number of aryl methyl sites for hydroxylation is 1. The van der Waals surface area contributed by atoms with Crippen molar-refractivity contribution in [3.05, 3.63) is 17.0 Å². The monoisotopic (exact) mass is 335 g/mol. The second kappa shape index (κ2) is 6.48. The van der Waals surface area contributed by atoms with Crippen LogP contribution in [0.1, 0.15) is 68.4 Å². The minimum atomic E-state index is -0.0675. The molecule has 3 heterocycles. The number of rotatable bonds is 3. The van der Waals surface area contributed by atoms with Crippen LogP contribution in [0.15, 0.2) is 0 Å². The molecule has 0 saturated carbocycles. The average Bonchev–Trinajstić information content (AvgIpc) is 2.93. The van der Waals surface area contributed by atoms with Crippen LogP contribution in [-0.2, 0) is 17.7 Å². The summed E-state index contributed by atoms with van der Waals surface area (Å²) in [6, 6.07) is 0. The summed E-state index contributed by atoms with van der Waals surface area (Å²) in [7, 11) is 0. The largest absolute Gasteiger partial charge is 0.396 e. The van der Waals surface area contributed by atoms with Crippen molar-refractivity contribution in [1.82, 2.24) is 14.7 Å². The topological polar surface area (TPSA) is 67.6 Å². The summed E-state index contributed by atoms with van der Waals surface area (Å²) in [6.07, 6.45) is 2.46. The Bertz CT molecular complexity index is 617. The van der Waals surface area contributed by atoms with Crippen LogP contribution < -0.4 is 0 Å². The first-order chi connectivity index (χ1) is 11.4. The van der Waals surface area contributed by atoms with Gasteiger partial charge in [0.15, 0.2) is 0 Å². The van der Waals surface area contributed by atoms with Crippen LogP contribution in [0.5, 0.6) is 0 Å². The maximum Gasteiger partial charge on any atom is 0.272 e. The fourth-order valence-electron chi connectivity index (χ4n) is 3.82. The molecule has 6 nitrogen and oxygen atoms in total. The number of fused-ring (bicyclic) bond motifs is 1. The van der Waals surface area contributed by atoms with Gasteiger partial charge in [-0.3, -0.25) is 9.48 Å². The van der Waals surface area contributed by atoms with Gasteiger partial charge in [0.2, 0.25) is 0 Å². The molecule has 0 spiro atoms. The highest BCUT2D eigenvalue weighted by molar-refractivity contribution is 5.94. The molecule has 134 valence electrons. The minimum Gasteiger partial charge on any atom is -0.396 e. The van der Waals surface area contributed by atoms with Crippen molar-refractivity contribution in [3.63, 3.8) is 0 Å². The molecule has 1 N–H and O–H groups in total. The zero-order valence-electron chi connectivity index (χ0n) is 15.2. The molecule has 3 rings (SSSR count). The predicted octanol–water partition coefficient (Wildman–Crippen LogP) is 2.16. The van der Waals surface area contributed by atoms with Crippen molar-refractivity contribution < 1.29 is 14.6 Å². The van der Waals surface area contributed by atoms with Gasteiger partial charge in [-0.2, -0.15) is 5.10 Å². The molecule has 1 aromatic rings. The molecule has 0 radical (unpaired) electrons. The third-order valence-corrected chi connectivity index (χ3v) is 5.54. The fourth-order valence-corrected chi connectivity index (χ4v) is 3.82. The van der Waals surface area contributed by atoms with E-state index in [2.05, 4.69) is 12.0 Å². The van der Waals surface area contributed by atoms with Crippen molar-refractivity contribution in [2.45, 2.75) is 65.7 Å². The summed E-state index contributed by atoms with van der Waals surface area (Å²) in [4.78, 5) is 15.1. The number of aromatic nitrogens is 2. The van der Waals surface area contributed by atoms with Crippen LogP contribution in [0, 0.1) is 5.41 Å². The summed E-state index contributed by atoms with van der Waals surface area (Å²) in [5, 5.41) is 14.2. The smallest absolute Gasteiger partial charge is 0.272 e. The SMILES string of the molecule is CCn1nc2c(c1C(=O)N1CCC(C)(CO)CC1)C[C@H](C)O[C@@H]2C. The van der Waals surface area contributed by atoms with E-state index in [4.69, 9.17) is 4.74 Å². The van der Waals surface area contributed by atoms with Gasteiger partial charge in [0, 0.05) is 38.2 Å². The molecule has 2 aliphatic rings. The molecule has 24 heavy (non-hydrogen) atoms. The zero-order valence-corrected chi connectivity index (χ0v) is 15.2. The Labute approximate surface area is 143 Å². The normalized spacial score (nSPS) is 26.3. The molecule has 0 aliphatic carbocycles. The predicted molar refractivity (Wildman–Crippen MR) is 90.9 cm³/mol. The number of ether oxygens (including phenoxy) is 1. The van der Waals surface area contributed by atoms with Gasteiger partial charge in [0.25, 0.3) is 5.91 Å². The molecule has 1 amide bonds. The van der Waals surface area contributed by atoms with Crippen molar-refractivity contribution in [3.8, 4) is 0 Å². The Balaban J connectivity index is 1.88. The lowest BCUT2D eigenvalue weighted by Crippen LogP contribution is -2.44. The van der Waals surface area contributed by atoms with Gasteiger partial charge < -0.3 is 14.7 Å². The van der Waals surface area contributed by atoms with Crippen LogP contribution in [0.2, 0.25) is 0 Å². The van der Waals surface area contributed by atoms with E-state index in [-0.39, 0.29) is 30.1 Å². The maximum absolute atomic E-state index is 13.2. The molecule has 0 unspecified atom stereocenters.